The van der Waals surface area contributed by atoms with E-state index < -0.39 is 5.91 Å². The normalized spacial score (nSPS) is 11.0. The number of pyridine rings is 1. The third-order valence-electron chi connectivity index (χ3n) is 4.29. The van der Waals surface area contributed by atoms with E-state index in [1.807, 2.05) is 27.0 Å². The minimum atomic E-state index is -0.405. The number of hydrazine groups is 1. The zero-order valence-electron chi connectivity index (χ0n) is 15.4. The van der Waals surface area contributed by atoms with Crippen molar-refractivity contribution in [3.63, 3.8) is 0 Å². The Morgan fingerprint density at radius 2 is 1.81 bits per heavy atom. The summed E-state index contributed by atoms with van der Waals surface area (Å²) in [4.78, 5) is 31.0. The Bertz CT molecular complexity index is 1020. The fourth-order valence-corrected chi connectivity index (χ4v) is 3.90. The van der Waals surface area contributed by atoms with Crippen molar-refractivity contribution >= 4 is 34.2 Å². The maximum atomic E-state index is 12.5. The Hall–Kier alpha value is -2.74. The molecule has 26 heavy (non-hydrogen) atoms. The largest absolute Gasteiger partial charge is 0.279 e. The van der Waals surface area contributed by atoms with Gasteiger partial charge >= 0.3 is 0 Å². The molecule has 3 aromatic heterocycles. The molecule has 0 saturated heterocycles. The molecular weight excluding hydrogens is 350 g/mol. The first kappa shape index (κ1) is 18.1. The number of fused-ring (bicyclic) bond motifs is 1. The highest BCUT2D eigenvalue weighted by atomic mass is 32.1. The van der Waals surface area contributed by atoms with Crippen molar-refractivity contribution in [2.24, 2.45) is 7.05 Å². The number of thiophene rings is 1. The average Bonchev–Trinajstić information content (AvgIpc) is 3.11. The lowest BCUT2D eigenvalue weighted by atomic mass is 10.1. The highest BCUT2D eigenvalue weighted by molar-refractivity contribution is 7.14. The van der Waals surface area contributed by atoms with Crippen LogP contribution in [0, 0.1) is 20.8 Å². The minimum absolute atomic E-state index is 0.324. The van der Waals surface area contributed by atoms with Gasteiger partial charge in [-0.3, -0.25) is 25.1 Å². The van der Waals surface area contributed by atoms with Crippen LogP contribution >= 0.6 is 11.3 Å². The molecule has 8 heteroatoms. The summed E-state index contributed by atoms with van der Waals surface area (Å²) >= 11 is 1.44. The van der Waals surface area contributed by atoms with Crippen molar-refractivity contribution in [3.05, 3.63) is 44.4 Å². The number of rotatable bonds is 3. The molecule has 0 radical (unpaired) electrons. The summed E-state index contributed by atoms with van der Waals surface area (Å²) in [7, 11) is 1.81. The molecule has 0 spiro atoms. The van der Waals surface area contributed by atoms with E-state index in [1.54, 1.807) is 17.7 Å². The van der Waals surface area contributed by atoms with Gasteiger partial charge in [0.05, 0.1) is 21.8 Å². The molecule has 2 amide bonds. The smallest absolute Gasteiger partial charge is 0.267 e. The van der Waals surface area contributed by atoms with Gasteiger partial charge in [-0.2, -0.15) is 5.10 Å². The van der Waals surface area contributed by atoms with Crippen molar-refractivity contribution in [1.82, 2.24) is 25.6 Å². The van der Waals surface area contributed by atoms with Crippen LogP contribution in [0.5, 0.6) is 0 Å². The van der Waals surface area contributed by atoms with Gasteiger partial charge in [-0.1, -0.05) is 6.92 Å². The fourth-order valence-electron chi connectivity index (χ4n) is 2.89. The average molecular weight is 371 g/mol. The third kappa shape index (κ3) is 3.20. The number of hydrogen-bond acceptors (Lipinski definition) is 5. The maximum absolute atomic E-state index is 12.5. The maximum Gasteiger partial charge on any atom is 0.279 e. The van der Waals surface area contributed by atoms with Crippen molar-refractivity contribution in [1.29, 1.82) is 0 Å². The molecule has 0 aliphatic rings. The van der Waals surface area contributed by atoms with Crippen molar-refractivity contribution in [2.75, 3.05) is 0 Å². The molecule has 0 saturated carbocycles. The highest BCUT2D eigenvalue weighted by Crippen LogP contribution is 2.22. The van der Waals surface area contributed by atoms with Gasteiger partial charge in [0.15, 0.2) is 5.65 Å². The molecule has 0 fully saturated rings. The van der Waals surface area contributed by atoms with E-state index in [0.29, 0.717) is 16.1 Å². The van der Waals surface area contributed by atoms with E-state index >= 15 is 0 Å². The number of carbonyl (C=O) groups is 2. The van der Waals surface area contributed by atoms with Gasteiger partial charge in [-0.15, -0.1) is 11.3 Å². The van der Waals surface area contributed by atoms with E-state index in [4.69, 9.17) is 0 Å². The van der Waals surface area contributed by atoms with Crippen LogP contribution < -0.4 is 10.9 Å². The van der Waals surface area contributed by atoms with Crippen LogP contribution in [0.4, 0.5) is 0 Å². The van der Waals surface area contributed by atoms with Crippen LogP contribution in [-0.4, -0.2) is 26.6 Å². The molecule has 3 aromatic rings. The van der Waals surface area contributed by atoms with Crippen molar-refractivity contribution in [3.8, 4) is 0 Å². The molecule has 3 rings (SSSR count). The Kier molecular flexibility index (Phi) is 4.78. The number of nitrogens with one attached hydrogen (secondary N) is 2. The van der Waals surface area contributed by atoms with E-state index in [1.165, 1.54) is 16.2 Å². The summed E-state index contributed by atoms with van der Waals surface area (Å²) in [5.74, 6) is -0.729. The second-order valence-electron chi connectivity index (χ2n) is 6.18. The summed E-state index contributed by atoms with van der Waals surface area (Å²) in [6.45, 7) is 7.65. The topological polar surface area (TPSA) is 88.9 Å². The Labute approximate surface area is 155 Å². The van der Waals surface area contributed by atoms with Gasteiger partial charge in [0.25, 0.3) is 11.8 Å². The van der Waals surface area contributed by atoms with Crippen LogP contribution in [-0.2, 0) is 13.5 Å². The predicted molar refractivity (Wildman–Crippen MR) is 101 cm³/mol. The SMILES string of the molecule is CCc1sc(C(=O)NNC(=O)c2cc3c(C)nn(C)c3nc2C)cc1C. The molecular formula is C18H21N5O2S. The van der Waals surface area contributed by atoms with E-state index in [-0.39, 0.29) is 5.91 Å². The third-order valence-corrected chi connectivity index (χ3v) is 5.67. The fraction of sp³-hybridized carbons (Fsp3) is 0.333. The van der Waals surface area contributed by atoms with Gasteiger partial charge in [0.1, 0.15) is 0 Å². The lowest BCUT2D eigenvalue weighted by Gasteiger charge is -2.08. The minimum Gasteiger partial charge on any atom is -0.267 e. The van der Waals surface area contributed by atoms with Gasteiger partial charge in [0.2, 0.25) is 0 Å². The van der Waals surface area contributed by atoms with Gasteiger partial charge < -0.3 is 0 Å². The predicted octanol–water partition coefficient (Wildman–Crippen LogP) is 2.59. The molecule has 0 aromatic carbocycles. The van der Waals surface area contributed by atoms with Crippen LogP contribution in [0.1, 0.15) is 48.8 Å². The number of aromatic nitrogens is 3. The van der Waals surface area contributed by atoms with Gasteiger partial charge in [-0.05, 0) is 44.9 Å². The number of amides is 2. The first-order valence-electron chi connectivity index (χ1n) is 8.32. The van der Waals surface area contributed by atoms with Crippen LogP contribution in [0.25, 0.3) is 11.0 Å². The molecule has 2 N–H and O–H groups in total. The second kappa shape index (κ2) is 6.87. The van der Waals surface area contributed by atoms with E-state index in [0.717, 1.165) is 28.7 Å². The molecule has 0 aliphatic heterocycles. The lowest BCUT2D eigenvalue weighted by Crippen LogP contribution is -2.41. The van der Waals surface area contributed by atoms with Crippen molar-refractivity contribution < 1.29 is 9.59 Å². The summed E-state index contributed by atoms with van der Waals surface area (Å²) in [5, 5.41) is 5.13. The second-order valence-corrected chi connectivity index (χ2v) is 7.32. The molecule has 136 valence electrons. The van der Waals surface area contributed by atoms with Crippen LogP contribution in [0.3, 0.4) is 0 Å². The monoisotopic (exact) mass is 371 g/mol. The van der Waals surface area contributed by atoms with Crippen molar-refractivity contribution in [2.45, 2.75) is 34.1 Å². The van der Waals surface area contributed by atoms with Crippen LogP contribution in [0.15, 0.2) is 12.1 Å². The number of aryl methyl sites for hydroxylation is 5. The van der Waals surface area contributed by atoms with Crippen LogP contribution in [0.2, 0.25) is 0 Å². The Morgan fingerprint density at radius 3 is 2.46 bits per heavy atom. The Balaban J connectivity index is 1.77. The summed E-state index contributed by atoms with van der Waals surface area (Å²) in [5.41, 5.74) is 8.55. The highest BCUT2D eigenvalue weighted by Gasteiger charge is 2.17. The summed E-state index contributed by atoms with van der Waals surface area (Å²) < 4.78 is 1.69. The summed E-state index contributed by atoms with van der Waals surface area (Å²) in [6, 6.07) is 3.59. The lowest BCUT2D eigenvalue weighted by molar-refractivity contribution is 0.0848. The standard InChI is InChI=1S/C18H21N5O2S/c1-6-14-9(2)7-15(26-14)18(25)21-20-17(24)13-8-12-11(4)22-23(5)16(12)19-10(13)3/h7-8H,6H2,1-5H3,(H,20,24)(H,21,25). The van der Waals surface area contributed by atoms with Gasteiger partial charge in [0, 0.05) is 17.3 Å². The first-order valence-corrected chi connectivity index (χ1v) is 9.14. The van der Waals surface area contributed by atoms with E-state index in [9.17, 15) is 9.59 Å². The van der Waals surface area contributed by atoms with Gasteiger partial charge in [-0.25, -0.2) is 4.98 Å². The number of hydrogen-bond donors (Lipinski definition) is 2. The van der Waals surface area contributed by atoms with E-state index in [2.05, 4.69) is 27.9 Å². The Morgan fingerprint density at radius 1 is 1.12 bits per heavy atom. The molecule has 0 unspecified atom stereocenters. The molecule has 7 nitrogen and oxygen atoms in total. The zero-order chi connectivity index (χ0) is 19.0. The summed E-state index contributed by atoms with van der Waals surface area (Å²) in [6.07, 6.45) is 0.880. The molecule has 3 heterocycles. The number of carbonyl (C=O) groups excluding carboxylic acids is 2. The number of nitrogens with zero attached hydrogens (tertiary/aromatic N) is 3. The molecule has 0 bridgehead atoms. The molecule has 0 aliphatic carbocycles. The quantitative estimate of drug-likeness (QED) is 0.693. The molecule has 0 atom stereocenters. The first-order chi connectivity index (χ1) is 12.3. The zero-order valence-corrected chi connectivity index (χ0v) is 16.2.